The first kappa shape index (κ1) is 10.6. The molecule has 2 aromatic rings. The summed E-state index contributed by atoms with van der Waals surface area (Å²) in [5.41, 5.74) is -0.108. The molecular weight excluding hydrogens is 230 g/mol. The van der Waals surface area contributed by atoms with Gasteiger partial charge in [-0.3, -0.25) is 0 Å². The molecule has 0 unspecified atom stereocenters. The third-order valence-electron chi connectivity index (χ3n) is 1.81. The van der Waals surface area contributed by atoms with Gasteiger partial charge in [-0.25, -0.2) is 9.78 Å². The topological polar surface area (TPSA) is 88.2 Å². The van der Waals surface area contributed by atoms with Crippen LogP contribution in [0.3, 0.4) is 0 Å². The van der Waals surface area contributed by atoms with Gasteiger partial charge in [0.1, 0.15) is 6.26 Å². The van der Waals surface area contributed by atoms with Crippen molar-refractivity contribution in [2.45, 2.75) is 13.5 Å². The van der Waals surface area contributed by atoms with Gasteiger partial charge in [0.25, 0.3) is 6.01 Å². The summed E-state index contributed by atoms with van der Waals surface area (Å²) < 4.78 is 4.94. The Kier molecular flexibility index (Phi) is 2.86. The van der Waals surface area contributed by atoms with Crippen molar-refractivity contribution < 1.29 is 14.3 Å². The van der Waals surface area contributed by atoms with Gasteiger partial charge in [-0.15, -0.1) is 11.3 Å². The van der Waals surface area contributed by atoms with E-state index in [4.69, 9.17) is 9.52 Å². The van der Waals surface area contributed by atoms with Crippen LogP contribution in [0.5, 0.6) is 0 Å². The highest BCUT2D eigenvalue weighted by Gasteiger charge is 2.10. The fourth-order valence-electron chi connectivity index (χ4n) is 1.10. The number of aromatic carboxylic acids is 1. The second-order valence-electron chi connectivity index (χ2n) is 3.04. The number of nitrogens with one attached hydrogen (secondary N) is 1. The lowest BCUT2D eigenvalue weighted by Crippen LogP contribution is -2.00. The number of thiazole rings is 1. The molecule has 7 heteroatoms. The highest BCUT2D eigenvalue weighted by atomic mass is 32.1. The van der Waals surface area contributed by atoms with Crippen LogP contribution in [-0.4, -0.2) is 21.0 Å². The zero-order valence-corrected chi connectivity index (χ0v) is 9.24. The molecule has 0 aliphatic carbocycles. The van der Waals surface area contributed by atoms with E-state index in [0.717, 1.165) is 16.1 Å². The molecular formula is C9H9N3O3S. The predicted molar refractivity (Wildman–Crippen MR) is 57.6 cm³/mol. The molecule has 0 saturated carbocycles. The van der Waals surface area contributed by atoms with Crippen molar-refractivity contribution >= 4 is 23.3 Å². The van der Waals surface area contributed by atoms with Crippen LogP contribution in [0.4, 0.5) is 6.01 Å². The first-order valence-corrected chi connectivity index (χ1v) is 5.31. The summed E-state index contributed by atoms with van der Waals surface area (Å²) in [7, 11) is 0. The molecule has 0 aromatic carbocycles. The summed E-state index contributed by atoms with van der Waals surface area (Å²) >= 11 is 1.56. The summed E-state index contributed by atoms with van der Waals surface area (Å²) in [4.78, 5) is 19.4. The van der Waals surface area contributed by atoms with Crippen molar-refractivity contribution in [1.29, 1.82) is 0 Å². The van der Waals surface area contributed by atoms with Gasteiger partial charge < -0.3 is 14.8 Å². The minimum atomic E-state index is -1.11. The standard InChI is InChI=1S/C9H9N3O3S/c1-5-10-2-6(16-5)3-11-9-12-7(4-15-9)8(13)14/h2,4H,3H2,1H3,(H,11,12)(H,13,14). The van der Waals surface area contributed by atoms with Crippen molar-refractivity contribution in [3.05, 3.63) is 28.0 Å². The molecule has 0 saturated heterocycles. The maximum absolute atomic E-state index is 10.5. The zero-order valence-electron chi connectivity index (χ0n) is 8.43. The Bertz CT molecular complexity index is 506. The fraction of sp³-hybridized carbons (Fsp3) is 0.222. The molecule has 0 aliphatic rings. The molecule has 0 atom stereocenters. The van der Waals surface area contributed by atoms with Gasteiger partial charge in [0.15, 0.2) is 5.69 Å². The smallest absolute Gasteiger partial charge is 0.357 e. The van der Waals surface area contributed by atoms with Gasteiger partial charge in [-0.1, -0.05) is 0 Å². The Morgan fingerprint density at radius 2 is 2.50 bits per heavy atom. The summed E-state index contributed by atoms with van der Waals surface area (Å²) in [6, 6.07) is 0.198. The lowest BCUT2D eigenvalue weighted by molar-refractivity contribution is 0.0690. The molecule has 2 rings (SSSR count). The van der Waals surface area contributed by atoms with Crippen molar-refractivity contribution in [3.63, 3.8) is 0 Å². The van der Waals surface area contributed by atoms with Crippen LogP contribution < -0.4 is 5.32 Å². The van der Waals surface area contributed by atoms with Crippen LogP contribution in [0.1, 0.15) is 20.4 Å². The number of hydrogen-bond donors (Lipinski definition) is 2. The molecule has 0 aliphatic heterocycles. The van der Waals surface area contributed by atoms with Crippen LogP contribution in [0.2, 0.25) is 0 Å². The van der Waals surface area contributed by atoms with Gasteiger partial charge in [0.2, 0.25) is 0 Å². The van der Waals surface area contributed by atoms with E-state index in [1.807, 2.05) is 6.92 Å². The average Bonchev–Trinajstić information content (AvgIpc) is 2.83. The molecule has 16 heavy (non-hydrogen) atoms. The van der Waals surface area contributed by atoms with E-state index >= 15 is 0 Å². The van der Waals surface area contributed by atoms with E-state index in [0.29, 0.717) is 6.54 Å². The highest BCUT2D eigenvalue weighted by molar-refractivity contribution is 7.11. The predicted octanol–water partition coefficient (Wildman–Crippen LogP) is 1.75. The van der Waals surface area contributed by atoms with Crippen LogP contribution in [0, 0.1) is 6.92 Å². The van der Waals surface area contributed by atoms with Gasteiger partial charge in [-0.2, -0.15) is 4.98 Å². The number of carbonyl (C=O) groups is 1. The molecule has 0 radical (unpaired) electrons. The Balaban J connectivity index is 1.97. The number of oxazole rings is 1. The minimum absolute atomic E-state index is 0.108. The van der Waals surface area contributed by atoms with E-state index in [2.05, 4.69) is 15.3 Å². The van der Waals surface area contributed by atoms with Crippen molar-refractivity contribution in [2.24, 2.45) is 0 Å². The number of rotatable bonds is 4. The third kappa shape index (κ3) is 2.37. The Morgan fingerprint density at radius 1 is 1.69 bits per heavy atom. The van der Waals surface area contributed by atoms with E-state index < -0.39 is 5.97 Å². The number of hydrogen-bond acceptors (Lipinski definition) is 6. The molecule has 2 heterocycles. The van der Waals surface area contributed by atoms with Crippen LogP contribution >= 0.6 is 11.3 Å². The number of nitrogens with zero attached hydrogens (tertiary/aromatic N) is 2. The van der Waals surface area contributed by atoms with E-state index in [-0.39, 0.29) is 11.7 Å². The van der Waals surface area contributed by atoms with Crippen LogP contribution in [0.15, 0.2) is 16.9 Å². The Labute approximate surface area is 95.0 Å². The van der Waals surface area contributed by atoms with Gasteiger partial charge in [0.05, 0.1) is 11.6 Å². The molecule has 84 valence electrons. The number of aromatic nitrogens is 2. The highest BCUT2D eigenvalue weighted by Crippen LogP contribution is 2.14. The molecule has 0 bridgehead atoms. The minimum Gasteiger partial charge on any atom is -0.476 e. The van der Waals surface area contributed by atoms with E-state index in [1.54, 1.807) is 17.5 Å². The second-order valence-corrected chi connectivity index (χ2v) is 4.36. The van der Waals surface area contributed by atoms with E-state index in [1.165, 1.54) is 0 Å². The van der Waals surface area contributed by atoms with Crippen molar-refractivity contribution in [1.82, 2.24) is 9.97 Å². The molecule has 2 aromatic heterocycles. The fourth-order valence-corrected chi connectivity index (χ4v) is 1.84. The maximum atomic E-state index is 10.5. The average molecular weight is 239 g/mol. The molecule has 0 fully saturated rings. The lowest BCUT2D eigenvalue weighted by Gasteiger charge is -1.96. The third-order valence-corrected chi connectivity index (χ3v) is 2.72. The number of aryl methyl sites for hydroxylation is 1. The van der Waals surface area contributed by atoms with E-state index in [9.17, 15) is 4.79 Å². The van der Waals surface area contributed by atoms with Crippen molar-refractivity contribution in [3.8, 4) is 0 Å². The SMILES string of the molecule is Cc1ncc(CNc2nc(C(=O)O)co2)s1. The van der Waals surface area contributed by atoms with Crippen LogP contribution in [-0.2, 0) is 6.54 Å². The number of carboxylic acid groups (broad SMARTS) is 1. The molecule has 0 spiro atoms. The first-order valence-electron chi connectivity index (χ1n) is 4.49. The molecule has 0 amide bonds. The zero-order chi connectivity index (χ0) is 11.5. The van der Waals surface area contributed by atoms with Crippen LogP contribution in [0.25, 0.3) is 0 Å². The molecule has 6 nitrogen and oxygen atoms in total. The summed E-state index contributed by atoms with van der Waals surface area (Å²) in [6.07, 6.45) is 2.86. The molecule has 2 N–H and O–H groups in total. The second kappa shape index (κ2) is 4.31. The maximum Gasteiger partial charge on any atom is 0.357 e. The lowest BCUT2D eigenvalue weighted by atomic mass is 10.5. The summed E-state index contributed by atoms with van der Waals surface area (Å²) in [5, 5.41) is 12.5. The van der Waals surface area contributed by atoms with Crippen molar-refractivity contribution in [2.75, 3.05) is 5.32 Å². The number of carboxylic acids is 1. The summed E-state index contributed by atoms with van der Waals surface area (Å²) in [6.45, 7) is 2.44. The normalized spacial score (nSPS) is 10.3. The van der Waals surface area contributed by atoms with Gasteiger partial charge in [0, 0.05) is 11.1 Å². The quantitative estimate of drug-likeness (QED) is 0.845. The Hall–Kier alpha value is -1.89. The summed E-state index contributed by atoms with van der Waals surface area (Å²) in [5.74, 6) is -1.11. The Morgan fingerprint density at radius 3 is 3.06 bits per heavy atom. The van der Waals surface area contributed by atoms with Gasteiger partial charge in [-0.05, 0) is 6.92 Å². The van der Waals surface area contributed by atoms with Gasteiger partial charge >= 0.3 is 5.97 Å². The largest absolute Gasteiger partial charge is 0.476 e. The first-order chi connectivity index (χ1) is 7.65. The monoisotopic (exact) mass is 239 g/mol. The number of anilines is 1.